The molecule has 0 spiro atoms. The Hall–Kier alpha value is -2.18. The Morgan fingerprint density at radius 2 is 1.88 bits per heavy atom. The van der Waals surface area contributed by atoms with E-state index in [1.54, 1.807) is 24.6 Å². The van der Waals surface area contributed by atoms with Crippen molar-refractivity contribution >= 4 is 21.2 Å². The van der Waals surface area contributed by atoms with Gasteiger partial charge in [0.1, 0.15) is 10.8 Å². The number of thiazole rings is 1. The van der Waals surface area contributed by atoms with Gasteiger partial charge in [0, 0.05) is 10.9 Å². The maximum absolute atomic E-state index is 12.7. The summed E-state index contributed by atoms with van der Waals surface area (Å²) >= 11 is 1.43. The third-order valence-electron chi connectivity index (χ3n) is 4.04. The second-order valence-corrected chi connectivity index (χ2v) is 8.73. The Morgan fingerprint density at radius 3 is 2.60 bits per heavy atom. The van der Waals surface area contributed by atoms with Gasteiger partial charge in [-0.2, -0.15) is 0 Å². The molecule has 0 N–H and O–H groups in total. The van der Waals surface area contributed by atoms with Crippen LogP contribution in [0.2, 0.25) is 0 Å². The molecule has 0 saturated carbocycles. The van der Waals surface area contributed by atoms with E-state index < -0.39 is 9.84 Å². The maximum atomic E-state index is 12.7. The zero-order valence-electron chi connectivity index (χ0n) is 14.3. The predicted octanol–water partition coefficient (Wildman–Crippen LogP) is 4.41. The number of hydrogen-bond donors (Lipinski definition) is 0. The zero-order chi connectivity index (χ0) is 18.0. The van der Waals surface area contributed by atoms with E-state index in [-0.39, 0.29) is 5.75 Å². The summed E-state index contributed by atoms with van der Waals surface area (Å²) in [5.41, 5.74) is 3.52. The molecule has 1 heterocycles. The van der Waals surface area contributed by atoms with Crippen molar-refractivity contribution in [1.29, 1.82) is 0 Å². The molecule has 3 aromatic rings. The zero-order valence-corrected chi connectivity index (χ0v) is 15.9. The van der Waals surface area contributed by atoms with Gasteiger partial charge in [0.15, 0.2) is 9.84 Å². The quantitative estimate of drug-likeness (QED) is 0.665. The number of benzene rings is 2. The molecular formula is C19H19NO3S2. The van der Waals surface area contributed by atoms with E-state index in [1.807, 2.05) is 44.2 Å². The predicted molar refractivity (Wildman–Crippen MR) is 101 cm³/mol. The number of nitrogens with zero attached hydrogens (tertiary/aromatic N) is 1. The van der Waals surface area contributed by atoms with Crippen LogP contribution in [0, 0.1) is 13.8 Å². The lowest BCUT2D eigenvalue weighted by Crippen LogP contribution is -2.06. The molecule has 0 aliphatic carbocycles. The lowest BCUT2D eigenvalue weighted by molar-refractivity contribution is 0.415. The average molecular weight is 373 g/mol. The lowest BCUT2D eigenvalue weighted by Gasteiger charge is -2.06. The molecule has 2 aromatic carbocycles. The highest BCUT2D eigenvalue weighted by Gasteiger charge is 2.18. The molecule has 4 nitrogen and oxygen atoms in total. The number of methoxy groups -OCH3 is 1. The first-order valence-electron chi connectivity index (χ1n) is 7.78. The molecule has 0 unspecified atom stereocenters. The van der Waals surface area contributed by atoms with Crippen LogP contribution >= 0.6 is 11.3 Å². The Kier molecular flexibility index (Phi) is 4.92. The molecule has 0 aliphatic rings. The summed E-state index contributed by atoms with van der Waals surface area (Å²) in [6.45, 7) is 3.88. The van der Waals surface area contributed by atoms with Gasteiger partial charge in [0.2, 0.25) is 0 Å². The van der Waals surface area contributed by atoms with Crippen LogP contribution in [0.25, 0.3) is 10.6 Å². The summed E-state index contributed by atoms with van der Waals surface area (Å²) in [6, 6.07) is 12.8. The first-order valence-corrected chi connectivity index (χ1v) is 10.3. The van der Waals surface area contributed by atoms with Crippen molar-refractivity contribution < 1.29 is 13.2 Å². The number of hydrogen-bond acceptors (Lipinski definition) is 5. The summed E-state index contributed by atoms with van der Waals surface area (Å²) < 4.78 is 30.5. The van der Waals surface area contributed by atoms with E-state index in [9.17, 15) is 8.42 Å². The highest BCUT2D eigenvalue weighted by atomic mass is 32.2. The Balaban J connectivity index is 1.86. The summed E-state index contributed by atoms with van der Waals surface area (Å²) in [4.78, 5) is 4.83. The number of rotatable bonds is 5. The fourth-order valence-electron chi connectivity index (χ4n) is 2.45. The molecular weight excluding hydrogens is 354 g/mol. The number of aromatic nitrogens is 1. The topological polar surface area (TPSA) is 56.3 Å². The summed E-state index contributed by atoms with van der Waals surface area (Å²) in [5, 5.41) is 2.58. The van der Waals surface area contributed by atoms with Gasteiger partial charge in [0.25, 0.3) is 0 Å². The molecule has 0 aliphatic heterocycles. The smallest absolute Gasteiger partial charge is 0.184 e. The van der Waals surface area contributed by atoms with E-state index in [0.717, 1.165) is 27.4 Å². The minimum Gasteiger partial charge on any atom is -0.497 e. The van der Waals surface area contributed by atoms with Crippen molar-refractivity contribution in [3.63, 3.8) is 0 Å². The Bertz CT molecular complexity index is 1010. The molecule has 0 atom stereocenters. The van der Waals surface area contributed by atoms with Gasteiger partial charge in [-0.3, -0.25) is 0 Å². The molecule has 0 amide bonds. The van der Waals surface area contributed by atoms with Crippen LogP contribution in [0.5, 0.6) is 5.75 Å². The largest absolute Gasteiger partial charge is 0.497 e. The van der Waals surface area contributed by atoms with Gasteiger partial charge >= 0.3 is 0 Å². The monoisotopic (exact) mass is 373 g/mol. The lowest BCUT2D eigenvalue weighted by atomic mass is 10.1. The van der Waals surface area contributed by atoms with Crippen LogP contribution in [0.15, 0.2) is 52.7 Å². The van der Waals surface area contributed by atoms with E-state index >= 15 is 0 Å². The van der Waals surface area contributed by atoms with E-state index in [2.05, 4.69) is 4.98 Å². The van der Waals surface area contributed by atoms with Gasteiger partial charge in [-0.15, -0.1) is 11.3 Å². The first kappa shape index (κ1) is 17.6. The highest BCUT2D eigenvalue weighted by Crippen LogP contribution is 2.28. The van der Waals surface area contributed by atoms with E-state index in [1.165, 1.54) is 11.3 Å². The molecule has 130 valence electrons. The molecule has 1 aromatic heterocycles. The van der Waals surface area contributed by atoms with Crippen LogP contribution in [0.3, 0.4) is 0 Å². The van der Waals surface area contributed by atoms with Crippen molar-refractivity contribution in [3.05, 3.63) is 64.7 Å². The third kappa shape index (κ3) is 3.91. The fraction of sp³-hybridized carbons (Fsp3) is 0.211. The van der Waals surface area contributed by atoms with Gasteiger partial charge in [0.05, 0.1) is 23.5 Å². The van der Waals surface area contributed by atoms with Crippen LogP contribution in [-0.2, 0) is 15.6 Å². The summed E-state index contributed by atoms with van der Waals surface area (Å²) in [7, 11) is -1.80. The van der Waals surface area contributed by atoms with Crippen molar-refractivity contribution in [2.45, 2.75) is 24.5 Å². The third-order valence-corrected chi connectivity index (χ3v) is 6.63. The SMILES string of the molecule is COc1cccc(-c2nc(CS(=O)(=O)c3ccc(C)c(C)c3)cs2)c1. The molecule has 0 fully saturated rings. The molecule has 0 bridgehead atoms. The summed E-state index contributed by atoms with van der Waals surface area (Å²) in [6.07, 6.45) is 0. The molecule has 0 radical (unpaired) electrons. The Morgan fingerprint density at radius 1 is 1.08 bits per heavy atom. The number of aryl methyl sites for hydroxylation is 2. The second kappa shape index (κ2) is 6.98. The molecule has 0 saturated heterocycles. The number of sulfone groups is 1. The minimum absolute atomic E-state index is 0.101. The van der Waals surface area contributed by atoms with Crippen LogP contribution in [0.1, 0.15) is 16.8 Å². The fourth-order valence-corrected chi connectivity index (χ4v) is 4.71. The van der Waals surface area contributed by atoms with Crippen molar-refractivity contribution in [1.82, 2.24) is 4.98 Å². The van der Waals surface area contributed by atoms with E-state index in [0.29, 0.717) is 10.6 Å². The van der Waals surface area contributed by atoms with Gasteiger partial charge < -0.3 is 4.74 Å². The summed E-state index contributed by atoms with van der Waals surface area (Å²) in [5.74, 6) is 0.646. The normalized spacial score (nSPS) is 11.5. The van der Waals surface area contributed by atoms with E-state index in [4.69, 9.17) is 4.74 Å². The van der Waals surface area contributed by atoms with Crippen molar-refractivity contribution in [2.24, 2.45) is 0 Å². The van der Waals surface area contributed by atoms with Crippen LogP contribution < -0.4 is 4.74 Å². The first-order chi connectivity index (χ1) is 11.9. The Labute approximate surface area is 152 Å². The average Bonchev–Trinajstić information content (AvgIpc) is 3.05. The molecule has 6 heteroatoms. The van der Waals surface area contributed by atoms with Gasteiger partial charge in [-0.1, -0.05) is 18.2 Å². The van der Waals surface area contributed by atoms with Crippen molar-refractivity contribution in [2.75, 3.05) is 7.11 Å². The minimum atomic E-state index is -3.41. The van der Waals surface area contributed by atoms with Crippen LogP contribution in [0.4, 0.5) is 0 Å². The number of ether oxygens (including phenoxy) is 1. The van der Waals surface area contributed by atoms with Gasteiger partial charge in [-0.05, 0) is 49.2 Å². The molecule has 25 heavy (non-hydrogen) atoms. The van der Waals surface area contributed by atoms with Crippen LogP contribution in [-0.4, -0.2) is 20.5 Å². The maximum Gasteiger partial charge on any atom is 0.184 e. The highest BCUT2D eigenvalue weighted by molar-refractivity contribution is 7.90. The molecule has 3 rings (SSSR count). The second-order valence-electron chi connectivity index (χ2n) is 5.88. The van der Waals surface area contributed by atoms with Crippen molar-refractivity contribution in [3.8, 4) is 16.3 Å². The standard InChI is InChI=1S/C19H19NO3S2/c1-13-7-8-18(9-14(13)2)25(21,22)12-16-11-24-19(20-16)15-5-4-6-17(10-15)23-3/h4-11H,12H2,1-3H3. The van der Waals surface area contributed by atoms with Gasteiger partial charge in [-0.25, -0.2) is 13.4 Å².